The summed E-state index contributed by atoms with van der Waals surface area (Å²) in [6, 6.07) is 5.87. The van der Waals surface area contributed by atoms with E-state index < -0.39 is 0 Å². The van der Waals surface area contributed by atoms with E-state index in [2.05, 4.69) is 21.2 Å². The second-order valence-electron chi connectivity index (χ2n) is 9.26. The Hall–Kier alpha value is -1.36. The molecule has 1 aromatic carbocycles. The number of anilines is 1. The van der Waals surface area contributed by atoms with Gasteiger partial charge in [-0.05, 0) is 80.8 Å². The van der Waals surface area contributed by atoms with E-state index in [9.17, 15) is 9.59 Å². The molecule has 146 valence electrons. The normalized spacial score (nSPS) is 33.7. The number of halogens is 1. The molecule has 1 aromatic rings. The summed E-state index contributed by atoms with van der Waals surface area (Å²) in [6.07, 6.45) is 7.61. The van der Waals surface area contributed by atoms with Gasteiger partial charge in [-0.3, -0.25) is 9.59 Å². The number of aryl methyl sites for hydroxylation is 2. The van der Waals surface area contributed by atoms with Crippen molar-refractivity contribution in [2.75, 3.05) is 11.9 Å². The van der Waals surface area contributed by atoms with Crippen LogP contribution in [0.2, 0.25) is 0 Å². The van der Waals surface area contributed by atoms with Gasteiger partial charge in [0.15, 0.2) is 6.61 Å². The molecule has 0 saturated heterocycles. The predicted octanol–water partition coefficient (Wildman–Crippen LogP) is 4.91. The first kappa shape index (κ1) is 19.0. The van der Waals surface area contributed by atoms with Crippen LogP contribution < -0.4 is 5.32 Å². The smallest absolute Gasteiger partial charge is 0.306 e. The standard InChI is InChI=1S/C22H28BrNO3/c1-14-4-3-5-15(2)20(14)24-18(25)12-27-19(26)11-21-7-16-6-17(8-21)10-22(23,9-16)13-21/h3-5,16-17H,6-13H2,1-2H3,(H,24,25)/t16-,17+,21?,22?. The van der Waals surface area contributed by atoms with Gasteiger partial charge in [-0.1, -0.05) is 34.1 Å². The number of benzene rings is 1. The number of rotatable bonds is 5. The number of esters is 1. The van der Waals surface area contributed by atoms with Gasteiger partial charge >= 0.3 is 5.97 Å². The van der Waals surface area contributed by atoms with Crippen molar-refractivity contribution >= 4 is 33.5 Å². The maximum Gasteiger partial charge on any atom is 0.306 e. The molecule has 4 bridgehead atoms. The molecule has 5 rings (SSSR count). The Kier molecular flexibility index (Phi) is 4.86. The highest BCUT2D eigenvalue weighted by Crippen LogP contribution is 2.65. The Morgan fingerprint density at radius 3 is 2.37 bits per heavy atom. The topological polar surface area (TPSA) is 55.4 Å². The number of nitrogens with one attached hydrogen (secondary N) is 1. The number of carbonyl (C=O) groups excluding carboxylic acids is 2. The first-order valence-corrected chi connectivity index (χ1v) is 10.8. The Morgan fingerprint density at radius 2 is 1.78 bits per heavy atom. The fraction of sp³-hybridized carbons (Fsp3) is 0.636. The molecule has 4 atom stereocenters. The summed E-state index contributed by atoms with van der Waals surface area (Å²) in [5, 5.41) is 2.88. The lowest BCUT2D eigenvalue weighted by Crippen LogP contribution is -2.53. The molecule has 0 aromatic heterocycles. The maximum atomic E-state index is 12.5. The van der Waals surface area contributed by atoms with Crippen LogP contribution >= 0.6 is 15.9 Å². The van der Waals surface area contributed by atoms with Crippen molar-refractivity contribution in [1.29, 1.82) is 0 Å². The van der Waals surface area contributed by atoms with Crippen LogP contribution in [0.25, 0.3) is 0 Å². The Balaban J connectivity index is 1.32. The van der Waals surface area contributed by atoms with E-state index in [-0.39, 0.29) is 28.2 Å². The van der Waals surface area contributed by atoms with Gasteiger partial charge in [0, 0.05) is 10.0 Å². The van der Waals surface area contributed by atoms with Crippen LogP contribution in [0.3, 0.4) is 0 Å². The number of para-hydroxylation sites is 1. The quantitative estimate of drug-likeness (QED) is 0.529. The molecule has 4 nitrogen and oxygen atoms in total. The molecule has 0 aliphatic heterocycles. The molecule has 4 aliphatic rings. The SMILES string of the molecule is Cc1cccc(C)c1NC(=O)COC(=O)CC12C[C@@H]3C[C@@H](CC(Br)(C3)C1)C2. The summed E-state index contributed by atoms with van der Waals surface area (Å²) >= 11 is 3.98. The van der Waals surface area contributed by atoms with E-state index in [1.165, 1.54) is 19.3 Å². The largest absolute Gasteiger partial charge is 0.456 e. The van der Waals surface area contributed by atoms with Crippen molar-refractivity contribution in [1.82, 2.24) is 0 Å². The third kappa shape index (κ3) is 3.94. The predicted molar refractivity (Wildman–Crippen MR) is 109 cm³/mol. The van der Waals surface area contributed by atoms with E-state index in [1.807, 2.05) is 32.0 Å². The van der Waals surface area contributed by atoms with E-state index >= 15 is 0 Å². The summed E-state index contributed by atoms with van der Waals surface area (Å²) in [5.74, 6) is 0.976. The van der Waals surface area contributed by atoms with Crippen molar-refractivity contribution in [3.05, 3.63) is 29.3 Å². The second kappa shape index (κ2) is 6.91. The Labute approximate surface area is 169 Å². The van der Waals surface area contributed by atoms with Crippen LogP contribution in [-0.4, -0.2) is 22.8 Å². The zero-order chi connectivity index (χ0) is 19.2. The van der Waals surface area contributed by atoms with Gasteiger partial charge in [0.1, 0.15) is 0 Å². The lowest BCUT2D eigenvalue weighted by molar-refractivity contribution is -0.153. The minimum atomic E-state index is -0.275. The van der Waals surface area contributed by atoms with Gasteiger partial charge in [0.25, 0.3) is 5.91 Å². The summed E-state index contributed by atoms with van der Waals surface area (Å²) < 4.78 is 5.59. The van der Waals surface area contributed by atoms with Crippen LogP contribution in [-0.2, 0) is 14.3 Å². The molecule has 4 aliphatic carbocycles. The lowest BCUT2D eigenvalue weighted by Gasteiger charge is -2.60. The number of amides is 1. The van der Waals surface area contributed by atoms with Crippen LogP contribution in [0.5, 0.6) is 0 Å². The highest BCUT2D eigenvalue weighted by atomic mass is 79.9. The minimum Gasteiger partial charge on any atom is -0.456 e. The molecule has 0 heterocycles. The Morgan fingerprint density at radius 1 is 1.15 bits per heavy atom. The maximum absolute atomic E-state index is 12.5. The van der Waals surface area contributed by atoms with E-state index in [0.717, 1.165) is 47.9 Å². The summed E-state index contributed by atoms with van der Waals surface area (Å²) in [6.45, 7) is 3.70. The average molecular weight is 434 g/mol. The number of ether oxygens (including phenoxy) is 1. The molecule has 2 unspecified atom stereocenters. The van der Waals surface area contributed by atoms with Gasteiger partial charge < -0.3 is 10.1 Å². The van der Waals surface area contributed by atoms with Crippen LogP contribution in [0.1, 0.15) is 56.1 Å². The highest BCUT2D eigenvalue weighted by molar-refractivity contribution is 9.10. The number of hydrogen-bond donors (Lipinski definition) is 1. The van der Waals surface area contributed by atoms with Crippen LogP contribution in [0.15, 0.2) is 18.2 Å². The molecule has 27 heavy (non-hydrogen) atoms. The van der Waals surface area contributed by atoms with Crippen LogP contribution in [0, 0.1) is 31.1 Å². The highest BCUT2D eigenvalue weighted by Gasteiger charge is 2.57. The average Bonchev–Trinajstić information content (AvgIpc) is 2.54. The molecular weight excluding hydrogens is 406 g/mol. The summed E-state index contributed by atoms with van der Waals surface area (Å²) in [4.78, 5) is 24.7. The minimum absolute atomic E-state index is 0.0771. The Bertz CT molecular complexity index is 741. The first-order valence-electron chi connectivity index (χ1n) is 9.97. The molecule has 0 spiro atoms. The second-order valence-corrected chi connectivity index (χ2v) is 10.9. The molecule has 1 amide bonds. The number of carbonyl (C=O) groups is 2. The number of hydrogen-bond acceptors (Lipinski definition) is 3. The van der Waals surface area contributed by atoms with Gasteiger partial charge in [-0.2, -0.15) is 0 Å². The fourth-order valence-electron chi connectivity index (χ4n) is 6.23. The van der Waals surface area contributed by atoms with Crippen molar-refractivity contribution in [3.63, 3.8) is 0 Å². The first-order chi connectivity index (χ1) is 12.8. The zero-order valence-electron chi connectivity index (χ0n) is 16.1. The van der Waals surface area contributed by atoms with E-state index in [0.29, 0.717) is 6.42 Å². The molecule has 1 N–H and O–H groups in total. The van der Waals surface area contributed by atoms with Gasteiger partial charge in [-0.15, -0.1) is 0 Å². The van der Waals surface area contributed by atoms with Gasteiger partial charge in [0.05, 0.1) is 6.42 Å². The zero-order valence-corrected chi connectivity index (χ0v) is 17.7. The monoisotopic (exact) mass is 433 g/mol. The summed E-state index contributed by atoms with van der Waals surface area (Å²) in [5.41, 5.74) is 2.89. The third-order valence-corrected chi connectivity index (χ3v) is 7.67. The summed E-state index contributed by atoms with van der Waals surface area (Å²) in [7, 11) is 0. The lowest BCUT2D eigenvalue weighted by atomic mass is 9.49. The molecule has 4 fully saturated rings. The fourth-order valence-corrected chi connectivity index (χ4v) is 7.74. The van der Waals surface area contributed by atoms with Crippen molar-refractivity contribution in [2.45, 2.75) is 63.1 Å². The van der Waals surface area contributed by atoms with Crippen LogP contribution in [0.4, 0.5) is 5.69 Å². The third-order valence-electron chi connectivity index (χ3n) is 6.74. The number of alkyl halides is 1. The molecule has 0 radical (unpaired) electrons. The molecule has 5 heteroatoms. The van der Waals surface area contributed by atoms with Crippen molar-refractivity contribution in [3.8, 4) is 0 Å². The van der Waals surface area contributed by atoms with Gasteiger partial charge in [-0.25, -0.2) is 0 Å². The van der Waals surface area contributed by atoms with Crippen molar-refractivity contribution < 1.29 is 14.3 Å². The molecule has 4 saturated carbocycles. The van der Waals surface area contributed by atoms with E-state index in [1.54, 1.807) is 0 Å². The molecular formula is C22H28BrNO3. The van der Waals surface area contributed by atoms with E-state index in [4.69, 9.17) is 4.74 Å². The van der Waals surface area contributed by atoms with Gasteiger partial charge in [0.2, 0.25) is 0 Å². The van der Waals surface area contributed by atoms with Crippen molar-refractivity contribution in [2.24, 2.45) is 17.3 Å².